The van der Waals surface area contributed by atoms with Crippen molar-refractivity contribution in [2.45, 2.75) is 0 Å². The Labute approximate surface area is 117 Å². The lowest BCUT2D eigenvalue weighted by molar-refractivity contribution is 1.33. The maximum Gasteiger partial charge on any atom is 0.0708 e. The molecule has 1 heterocycles. The highest BCUT2D eigenvalue weighted by Crippen LogP contribution is 2.30. The van der Waals surface area contributed by atoms with E-state index in [9.17, 15) is 0 Å². The molecule has 0 atom stereocenters. The van der Waals surface area contributed by atoms with Gasteiger partial charge in [-0.15, -0.1) is 0 Å². The van der Waals surface area contributed by atoms with Crippen LogP contribution in [0.4, 0.5) is 0 Å². The first-order valence-corrected chi connectivity index (χ1v) is 6.75. The molecule has 1 nitrogen and oxygen atoms in total. The highest BCUT2D eigenvalue weighted by molar-refractivity contribution is 6.04. The lowest BCUT2D eigenvalue weighted by Crippen LogP contribution is -1.85. The van der Waals surface area contributed by atoms with Crippen LogP contribution < -0.4 is 0 Å². The van der Waals surface area contributed by atoms with Gasteiger partial charge in [-0.3, -0.25) is 4.98 Å². The normalized spacial score (nSPS) is 11.0. The molecule has 0 aliphatic carbocycles. The van der Waals surface area contributed by atoms with Gasteiger partial charge in [0.05, 0.1) is 5.69 Å². The highest BCUT2D eigenvalue weighted by Gasteiger charge is 2.05. The average molecular weight is 255 g/mol. The molecule has 0 N–H and O–H groups in total. The summed E-state index contributed by atoms with van der Waals surface area (Å²) in [5, 5.41) is 5.05. The summed E-state index contributed by atoms with van der Waals surface area (Å²) >= 11 is 0. The molecule has 20 heavy (non-hydrogen) atoms. The van der Waals surface area contributed by atoms with Crippen LogP contribution in [0.1, 0.15) is 0 Å². The molecule has 0 aliphatic heterocycles. The maximum absolute atomic E-state index is 4.48. The van der Waals surface area contributed by atoms with Crippen LogP contribution in [0.3, 0.4) is 0 Å². The van der Waals surface area contributed by atoms with E-state index in [1.807, 2.05) is 18.3 Å². The molecule has 4 rings (SSSR count). The number of benzene rings is 3. The van der Waals surface area contributed by atoms with E-state index in [1.165, 1.54) is 27.1 Å². The number of hydrogen-bond donors (Lipinski definition) is 0. The van der Waals surface area contributed by atoms with Crippen molar-refractivity contribution >= 4 is 21.5 Å². The Morgan fingerprint density at radius 1 is 0.600 bits per heavy atom. The van der Waals surface area contributed by atoms with Gasteiger partial charge in [0.1, 0.15) is 0 Å². The summed E-state index contributed by atoms with van der Waals surface area (Å²) in [7, 11) is 0. The largest absolute Gasteiger partial charge is 0.256 e. The SMILES string of the molecule is c1ccc(-c2cccc3cc4ccccc4cc23)nc1. The zero-order chi connectivity index (χ0) is 13.4. The molecule has 0 aliphatic rings. The van der Waals surface area contributed by atoms with E-state index in [2.05, 4.69) is 65.6 Å². The highest BCUT2D eigenvalue weighted by atomic mass is 14.7. The zero-order valence-electron chi connectivity index (χ0n) is 11.0. The van der Waals surface area contributed by atoms with Gasteiger partial charge in [0.25, 0.3) is 0 Å². The summed E-state index contributed by atoms with van der Waals surface area (Å²) in [5.41, 5.74) is 2.21. The molecule has 1 heteroatoms. The van der Waals surface area contributed by atoms with Gasteiger partial charge in [-0.2, -0.15) is 0 Å². The smallest absolute Gasteiger partial charge is 0.0708 e. The van der Waals surface area contributed by atoms with Crippen molar-refractivity contribution in [3.8, 4) is 11.3 Å². The van der Waals surface area contributed by atoms with Gasteiger partial charge >= 0.3 is 0 Å². The van der Waals surface area contributed by atoms with Gasteiger partial charge in [0.2, 0.25) is 0 Å². The second-order valence-electron chi connectivity index (χ2n) is 4.94. The number of fused-ring (bicyclic) bond motifs is 2. The third-order valence-corrected chi connectivity index (χ3v) is 3.69. The Morgan fingerprint density at radius 2 is 1.35 bits per heavy atom. The van der Waals surface area contributed by atoms with Crippen molar-refractivity contribution in [3.63, 3.8) is 0 Å². The Balaban J connectivity index is 2.09. The summed E-state index contributed by atoms with van der Waals surface area (Å²) in [6, 6.07) is 25.4. The fourth-order valence-electron chi connectivity index (χ4n) is 2.71. The van der Waals surface area contributed by atoms with Crippen LogP contribution >= 0.6 is 0 Å². The summed E-state index contributed by atoms with van der Waals surface area (Å²) in [4.78, 5) is 4.48. The Morgan fingerprint density at radius 3 is 2.15 bits per heavy atom. The third kappa shape index (κ3) is 1.76. The lowest BCUT2D eigenvalue weighted by atomic mass is 9.98. The number of aromatic nitrogens is 1. The third-order valence-electron chi connectivity index (χ3n) is 3.69. The van der Waals surface area contributed by atoms with Crippen molar-refractivity contribution in [1.82, 2.24) is 4.98 Å². The zero-order valence-corrected chi connectivity index (χ0v) is 11.0. The van der Waals surface area contributed by atoms with E-state index in [0.29, 0.717) is 0 Å². The minimum absolute atomic E-state index is 1.02. The Hall–Kier alpha value is -2.67. The number of pyridine rings is 1. The van der Waals surface area contributed by atoms with Gasteiger partial charge < -0.3 is 0 Å². The van der Waals surface area contributed by atoms with Gasteiger partial charge in [-0.1, -0.05) is 48.5 Å². The van der Waals surface area contributed by atoms with Crippen LogP contribution in [0.25, 0.3) is 32.8 Å². The fourth-order valence-corrected chi connectivity index (χ4v) is 2.71. The minimum atomic E-state index is 1.02. The minimum Gasteiger partial charge on any atom is -0.256 e. The van der Waals surface area contributed by atoms with Crippen LogP contribution in [0.2, 0.25) is 0 Å². The van der Waals surface area contributed by atoms with E-state index in [1.54, 1.807) is 0 Å². The molecule has 0 bridgehead atoms. The second-order valence-corrected chi connectivity index (χ2v) is 4.94. The van der Waals surface area contributed by atoms with E-state index >= 15 is 0 Å². The van der Waals surface area contributed by atoms with Crippen LogP contribution in [0.15, 0.2) is 79.0 Å². The van der Waals surface area contributed by atoms with Crippen molar-refractivity contribution in [1.29, 1.82) is 0 Å². The van der Waals surface area contributed by atoms with E-state index in [-0.39, 0.29) is 0 Å². The van der Waals surface area contributed by atoms with Crippen LogP contribution in [-0.4, -0.2) is 4.98 Å². The fraction of sp³-hybridized carbons (Fsp3) is 0. The molecular weight excluding hydrogens is 242 g/mol. The first-order valence-electron chi connectivity index (χ1n) is 6.75. The summed E-state index contributed by atoms with van der Waals surface area (Å²) in [6.07, 6.45) is 1.84. The summed E-state index contributed by atoms with van der Waals surface area (Å²) in [5.74, 6) is 0. The number of rotatable bonds is 1. The van der Waals surface area contributed by atoms with Gasteiger partial charge in [-0.05, 0) is 45.8 Å². The quantitative estimate of drug-likeness (QED) is 0.433. The first kappa shape index (κ1) is 11.2. The predicted molar refractivity (Wildman–Crippen MR) is 84.7 cm³/mol. The lowest BCUT2D eigenvalue weighted by Gasteiger charge is -2.08. The molecule has 1 aromatic heterocycles. The van der Waals surface area contributed by atoms with Crippen LogP contribution in [0.5, 0.6) is 0 Å². The van der Waals surface area contributed by atoms with Crippen LogP contribution in [-0.2, 0) is 0 Å². The Kier molecular flexibility index (Phi) is 2.49. The topological polar surface area (TPSA) is 12.9 Å². The average Bonchev–Trinajstić information content (AvgIpc) is 2.53. The van der Waals surface area contributed by atoms with Crippen molar-refractivity contribution in [3.05, 3.63) is 79.0 Å². The van der Waals surface area contributed by atoms with Crippen molar-refractivity contribution in [2.75, 3.05) is 0 Å². The molecule has 0 unspecified atom stereocenters. The molecule has 94 valence electrons. The molecular formula is C19H13N. The van der Waals surface area contributed by atoms with Gasteiger partial charge in [0, 0.05) is 11.8 Å². The number of hydrogen-bond acceptors (Lipinski definition) is 1. The van der Waals surface area contributed by atoms with Crippen molar-refractivity contribution in [2.24, 2.45) is 0 Å². The second kappa shape index (κ2) is 4.46. The van der Waals surface area contributed by atoms with Gasteiger partial charge in [0.15, 0.2) is 0 Å². The van der Waals surface area contributed by atoms with Crippen molar-refractivity contribution < 1.29 is 0 Å². The van der Waals surface area contributed by atoms with E-state index in [0.717, 1.165) is 5.69 Å². The molecule has 0 saturated carbocycles. The Bertz CT molecular complexity index is 895. The molecule has 0 amide bonds. The molecule has 4 aromatic rings. The monoisotopic (exact) mass is 255 g/mol. The maximum atomic E-state index is 4.48. The van der Waals surface area contributed by atoms with Crippen LogP contribution in [0, 0.1) is 0 Å². The number of nitrogens with zero attached hydrogens (tertiary/aromatic N) is 1. The molecule has 3 aromatic carbocycles. The molecule has 0 fully saturated rings. The standard InChI is InChI=1S/C19H13N/c1-2-7-15-13-18-16(12-14(15)6-1)8-5-9-17(18)19-10-3-4-11-20-19/h1-13H. The molecule has 0 saturated heterocycles. The molecule has 0 spiro atoms. The van der Waals surface area contributed by atoms with E-state index in [4.69, 9.17) is 0 Å². The first-order chi connectivity index (χ1) is 9.92. The summed E-state index contributed by atoms with van der Waals surface area (Å²) in [6.45, 7) is 0. The predicted octanol–water partition coefficient (Wildman–Crippen LogP) is 5.06. The van der Waals surface area contributed by atoms with E-state index < -0.39 is 0 Å². The van der Waals surface area contributed by atoms with Gasteiger partial charge in [-0.25, -0.2) is 0 Å². The summed E-state index contributed by atoms with van der Waals surface area (Å²) < 4.78 is 0. The molecule has 0 radical (unpaired) electrons.